The highest BCUT2D eigenvalue weighted by Crippen LogP contribution is 2.14. The van der Waals surface area contributed by atoms with Crippen molar-refractivity contribution in [2.24, 2.45) is 5.73 Å². The lowest BCUT2D eigenvalue weighted by molar-refractivity contribution is -0.422. The molecule has 1 aromatic carbocycles. The fourth-order valence-corrected chi connectivity index (χ4v) is 1.04. The van der Waals surface area contributed by atoms with E-state index in [9.17, 15) is 14.9 Å². The van der Waals surface area contributed by atoms with Crippen molar-refractivity contribution in [1.29, 1.82) is 0 Å². The van der Waals surface area contributed by atoms with Gasteiger partial charge in [-0.2, -0.15) is 0 Å². The summed E-state index contributed by atoms with van der Waals surface area (Å²) in [6.07, 6.45) is 0.512. The Morgan fingerprint density at radius 1 is 1.44 bits per heavy atom. The van der Waals surface area contributed by atoms with Crippen LogP contribution in [0.4, 0.5) is 4.79 Å². The summed E-state index contributed by atoms with van der Waals surface area (Å²) >= 11 is 0. The first kappa shape index (κ1) is 11.7. The lowest BCUT2D eigenvalue weighted by atomic mass is 10.2. The van der Waals surface area contributed by atoms with Gasteiger partial charge in [-0.25, -0.2) is 4.79 Å². The predicted molar refractivity (Wildman–Crippen MR) is 57.3 cm³/mol. The van der Waals surface area contributed by atoms with Crippen molar-refractivity contribution in [3.8, 4) is 5.75 Å². The summed E-state index contributed by atoms with van der Waals surface area (Å²) in [5.41, 5.74) is 5.50. The van der Waals surface area contributed by atoms with Crippen molar-refractivity contribution >= 4 is 12.2 Å². The van der Waals surface area contributed by atoms with Crippen LogP contribution in [0.15, 0.2) is 30.0 Å². The first-order valence-electron chi connectivity index (χ1n) is 4.39. The molecule has 16 heavy (non-hydrogen) atoms. The van der Waals surface area contributed by atoms with Gasteiger partial charge in [0.05, 0.1) is 4.92 Å². The number of allylic oxidation sites excluding steroid dienone is 1. The maximum Gasteiger partial charge on any atom is 0.409 e. The molecule has 0 bridgehead atoms. The molecule has 0 saturated heterocycles. The molecule has 0 aliphatic heterocycles. The van der Waals surface area contributed by atoms with E-state index in [-0.39, 0.29) is 5.70 Å². The number of ether oxygens (including phenoxy) is 1. The molecule has 0 radical (unpaired) electrons. The average Bonchev–Trinajstić information content (AvgIpc) is 2.20. The summed E-state index contributed by atoms with van der Waals surface area (Å²) in [5.74, 6) is 0.295. The number of amides is 1. The lowest BCUT2D eigenvalue weighted by Crippen LogP contribution is -2.16. The molecule has 1 amide bonds. The minimum Gasteiger partial charge on any atom is -0.411 e. The number of benzene rings is 1. The van der Waals surface area contributed by atoms with Crippen LogP contribution in [0.5, 0.6) is 5.75 Å². The Balaban J connectivity index is 2.83. The summed E-state index contributed by atoms with van der Waals surface area (Å²) in [4.78, 5) is 20.3. The van der Waals surface area contributed by atoms with Crippen LogP contribution in [0.2, 0.25) is 0 Å². The van der Waals surface area contributed by atoms with Crippen molar-refractivity contribution < 1.29 is 14.5 Å². The molecule has 0 aliphatic rings. The molecule has 84 valence electrons. The smallest absolute Gasteiger partial charge is 0.409 e. The largest absolute Gasteiger partial charge is 0.411 e. The predicted octanol–water partition coefficient (Wildman–Crippen LogP) is 1.78. The molecule has 6 nitrogen and oxygen atoms in total. The molecule has 0 fully saturated rings. The SMILES string of the molecule is CC(=Cc1ccc(OC(N)=O)cc1)[N+](=O)[O-]. The molecule has 0 spiro atoms. The summed E-state index contributed by atoms with van der Waals surface area (Å²) in [7, 11) is 0. The van der Waals surface area contributed by atoms with E-state index in [1.165, 1.54) is 25.1 Å². The zero-order valence-corrected chi connectivity index (χ0v) is 8.54. The maximum atomic E-state index is 10.4. The fourth-order valence-electron chi connectivity index (χ4n) is 1.04. The molecule has 0 saturated carbocycles. The molecule has 1 aromatic rings. The molecule has 0 unspecified atom stereocenters. The number of rotatable bonds is 3. The molecule has 0 aromatic heterocycles. The lowest BCUT2D eigenvalue weighted by Gasteiger charge is -2.00. The zero-order chi connectivity index (χ0) is 12.1. The Kier molecular flexibility index (Phi) is 3.60. The second kappa shape index (κ2) is 4.92. The van der Waals surface area contributed by atoms with Crippen LogP contribution in [0.25, 0.3) is 6.08 Å². The van der Waals surface area contributed by atoms with Crippen molar-refractivity contribution in [2.75, 3.05) is 0 Å². The van der Waals surface area contributed by atoms with E-state index < -0.39 is 11.0 Å². The molecular weight excluding hydrogens is 212 g/mol. The minimum atomic E-state index is -0.898. The monoisotopic (exact) mass is 222 g/mol. The Morgan fingerprint density at radius 2 is 2.00 bits per heavy atom. The molecular formula is C10H10N2O4. The van der Waals surface area contributed by atoms with E-state index in [4.69, 9.17) is 5.73 Å². The van der Waals surface area contributed by atoms with Crippen LogP contribution in [-0.4, -0.2) is 11.0 Å². The Hall–Kier alpha value is -2.37. The number of primary amides is 1. The number of carbonyl (C=O) groups excluding carboxylic acids is 1. The van der Waals surface area contributed by atoms with Crippen molar-refractivity contribution in [1.82, 2.24) is 0 Å². The van der Waals surface area contributed by atoms with Gasteiger partial charge in [-0.1, -0.05) is 12.1 Å². The van der Waals surface area contributed by atoms with E-state index >= 15 is 0 Å². The van der Waals surface area contributed by atoms with Gasteiger partial charge >= 0.3 is 6.09 Å². The van der Waals surface area contributed by atoms with Gasteiger partial charge in [-0.05, 0) is 17.7 Å². The third-order valence-corrected chi connectivity index (χ3v) is 1.76. The first-order valence-corrected chi connectivity index (χ1v) is 4.39. The van der Waals surface area contributed by atoms with Crippen LogP contribution >= 0.6 is 0 Å². The topological polar surface area (TPSA) is 95.5 Å². The van der Waals surface area contributed by atoms with Gasteiger partial charge in [0.25, 0.3) is 0 Å². The van der Waals surface area contributed by atoms with Gasteiger partial charge in [0, 0.05) is 13.0 Å². The van der Waals surface area contributed by atoms with Crippen molar-refractivity contribution in [2.45, 2.75) is 6.92 Å². The van der Waals surface area contributed by atoms with E-state index in [1.807, 2.05) is 0 Å². The summed E-state index contributed by atoms with van der Waals surface area (Å²) in [6.45, 7) is 1.40. The highest BCUT2D eigenvalue weighted by Gasteiger charge is 2.02. The molecule has 1 rings (SSSR count). The van der Waals surface area contributed by atoms with Gasteiger partial charge < -0.3 is 10.5 Å². The van der Waals surface area contributed by atoms with Crippen molar-refractivity contribution in [3.63, 3.8) is 0 Å². The van der Waals surface area contributed by atoms with Crippen LogP contribution in [0.3, 0.4) is 0 Å². The van der Waals surface area contributed by atoms with Gasteiger partial charge in [0.15, 0.2) is 0 Å². The fraction of sp³-hybridized carbons (Fsp3) is 0.100. The highest BCUT2D eigenvalue weighted by atomic mass is 16.6. The van der Waals surface area contributed by atoms with Crippen molar-refractivity contribution in [3.05, 3.63) is 45.6 Å². The average molecular weight is 222 g/mol. The van der Waals surface area contributed by atoms with E-state index in [2.05, 4.69) is 4.74 Å². The Bertz CT molecular complexity index is 437. The quantitative estimate of drug-likeness (QED) is 0.622. The molecule has 6 heteroatoms. The number of nitrogens with zero attached hydrogens (tertiary/aromatic N) is 1. The standard InChI is InChI=1S/C10H10N2O4/c1-7(12(14)15)6-8-2-4-9(5-3-8)16-10(11)13/h2-6H,1H3,(H2,11,13). The van der Waals surface area contributed by atoms with Gasteiger partial charge in [-0.15, -0.1) is 0 Å². The second-order valence-corrected chi connectivity index (χ2v) is 3.03. The summed E-state index contributed by atoms with van der Waals surface area (Å²) in [6, 6.07) is 6.18. The van der Waals surface area contributed by atoms with E-state index in [1.54, 1.807) is 12.1 Å². The molecule has 0 atom stereocenters. The number of nitro groups is 1. The molecule has 2 N–H and O–H groups in total. The van der Waals surface area contributed by atoms with Crippen LogP contribution in [0, 0.1) is 10.1 Å². The van der Waals surface area contributed by atoms with E-state index in [0.717, 1.165) is 0 Å². The third-order valence-electron chi connectivity index (χ3n) is 1.76. The number of carbonyl (C=O) groups is 1. The third kappa shape index (κ3) is 3.41. The summed E-state index contributed by atoms with van der Waals surface area (Å²) < 4.78 is 4.61. The van der Waals surface area contributed by atoms with Crippen LogP contribution < -0.4 is 10.5 Å². The van der Waals surface area contributed by atoms with E-state index in [0.29, 0.717) is 11.3 Å². The normalized spacial score (nSPS) is 10.9. The second-order valence-electron chi connectivity index (χ2n) is 3.03. The zero-order valence-electron chi connectivity index (χ0n) is 8.54. The summed E-state index contributed by atoms with van der Waals surface area (Å²) in [5, 5.41) is 10.4. The number of hydrogen-bond donors (Lipinski definition) is 1. The highest BCUT2D eigenvalue weighted by molar-refractivity contribution is 5.68. The minimum absolute atomic E-state index is 0.0311. The molecule has 0 heterocycles. The first-order chi connectivity index (χ1) is 7.49. The Morgan fingerprint density at radius 3 is 2.44 bits per heavy atom. The number of nitrogens with two attached hydrogens (primary N) is 1. The number of hydrogen-bond acceptors (Lipinski definition) is 4. The van der Waals surface area contributed by atoms with Crippen LogP contribution in [-0.2, 0) is 0 Å². The van der Waals surface area contributed by atoms with Gasteiger partial charge in [0.2, 0.25) is 5.70 Å². The van der Waals surface area contributed by atoms with Crippen LogP contribution in [0.1, 0.15) is 12.5 Å². The molecule has 0 aliphatic carbocycles. The van der Waals surface area contributed by atoms with Gasteiger partial charge in [0.1, 0.15) is 5.75 Å². The maximum absolute atomic E-state index is 10.4. The van der Waals surface area contributed by atoms with Gasteiger partial charge in [-0.3, -0.25) is 10.1 Å². The Labute approximate surface area is 91.5 Å².